The number of hydrogen-bond acceptors (Lipinski definition) is 4. The summed E-state index contributed by atoms with van der Waals surface area (Å²) >= 11 is 5.98. The van der Waals surface area contributed by atoms with Gasteiger partial charge in [0.25, 0.3) is 5.91 Å². The number of amidine groups is 1. The number of fused-ring (bicyclic) bond motifs is 1. The van der Waals surface area contributed by atoms with E-state index in [9.17, 15) is 9.90 Å². The van der Waals surface area contributed by atoms with Crippen molar-refractivity contribution in [3.8, 4) is 5.75 Å². The van der Waals surface area contributed by atoms with Crippen molar-refractivity contribution in [2.75, 3.05) is 18.8 Å². The Bertz CT molecular complexity index is 675. The third kappa shape index (κ3) is 1.94. The fraction of sp³-hybridized carbons (Fsp3) is 0.286. The number of phenolic OH excluding ortho intramolecular Hbond substituents is 1. The zero-order chi connectivity index (χ0) is 15.3. The molecule has 0 atom stereocenters. The fourth-order valence-corrected chi connectivity index (χ4v) is 2.90. The lowest BCUT2D eigenvalue weighted by molar-refractivity contribution is -0.131. The van der Waals surface area contributed by atoms with Crippen LogP contribution in [0, 0.1) is 12.3 Å². The van der Waals surface area contributed by atoms with Crippen LogP contribution in [0.2, 0.25) is 5.02 Å². The lowest BCUT2D eigenvalue weighted by atomic mass is 10.0. The number of anilines is 1. The molecule has 2 saturated heterocycles. The van der Waals surface area contributed by atoms with Crippen LogP contribution in [0.5, 0.6) is 5.75 Å². The van der Waals surface area contributed by atoms with Gasteiger partial charge in [0.2, 0.25) is 0 Å². The Kier molecular flexibility index (Phi) is 3.06. The SMILES string of the molecule is Cc1cc(/C=C2\C(=N)N3CCCN3C2=O)c(N)c(Cl)c1O. The zero-order valence-corrected chi connectivity index (χ0v) is 12.2. The van der Waals surface area contributed by atoms with Crippen molar-refractivity contribution in [3.63, 3.8) is 0 Å². The predicted octanol–water partition coefficient (Wildman–Crippen LogP) is 1.76. The molecule has 0 radical (unpaired) electrons. The molecule has 1 aromatic carbocycles. The average molecular weight is 307 g/mol. The van der Waals surface area contributed by atoms with Crippen LogP contribution < -0.4 is 5.73 Å². The highest BCUT2D eigenvalue weighted by molar-refractivity contribution is 6.35. The second-order valence-corrected chi connectivity index (χ2v) is 5.55. The number of amides is 1. The topological polar surface area (TPSA) is 93.7 Å². The Morgan fingerprint density at radius 2 is 2.10 bits per heavy atom. The van der Waals surface area contributed by atoms with Gasteiger partial charge in [0.1, 0.15) is 10.8 Å². The molecule has 2 aliphatic heterocycles. The standard InChI is InChI=1S/C14H15ClN4O2/c1-7-5-8(11(16)10(15)12(7)20)6-9-13(17)18-3-2-4-19(18)14(9)21/h5-6,17,20H,2-4,16H2,1H3/b9-6+,17-13?. The summed E-state index contributed by atoms with van der Waals surface area (Å²) in [6, 6.07) is 1.66. The van der Waals surface area contributed by atoms with Gasteiger partial charge < -0.3 is 10.8 Å². The van der Waals surface area contributed by atoms with E-state index in [2.05, 4.69) is 0 Å². The van der Waals surface area contributed by atoms with Crippen LogP contribution in [0.3, 0.4) is 0 Å². The van der Waals surface area contributed by atoms with E-state index < -0.39 is 0 Å². The third-order valence-corrected chi connectivity index (χ3v) is 4.19. The van der Waals surface area contributed by atoms with Crippen LogP contribution in [0.15, 0.2) is 11.6 Å². The quantitative estimate of drug-likeness (QED) is 0.544. The van der Waals surface area contributed by atoms with Crippen LogP contribution in [0.4, 0.5) is 5.69 Å². The number of benzene rings is 1. The number of aryl methyl sites for hydroxylation is 1. The minimum Gasteiger partial charge on any atom is -0.506 e. The molecule has 3 rings (SSSR count). The van der Waals surface area contributed by atoms with Crippen molar-refractivity contribution in [1.82, 2.24) is 10.0 Å². The number of nitrogen functional groups attached to an aromatic ring is 1. The molecule has 0 aromatic heterocycles. The molecule has 0 bridgehead atoms. The molecular weight excluding hydrogens is 292 g/mol. The predicted molar refractivity (Wildman–Crippen MR) is 81.0 cm³/mol. The summed E-state index contributed by atoms with van der Waals surface area (Å²) in [4.78, 5) is 12.3. The van der Waals surface area contributed by atoms with Crippen molar-refractivity contribution >= 4 is 35.1 Å². The second kappa shape index (κ2) is 4.66. The van der Waals surface area contributed by atoms with Crippen LogP contribution in [-0.4, -0.2) is 40.0 Å². The molecule has 2 heterocycles. The van der Waals surface area contributed by atoms with Gasteiger partial charge >= 0.3 is 0 Å². The highest BCUT2D eigenvalue weighted by Gasteiger charge is 2.40. The van der Waals surface area contributed by atoms with Gasteiger partial charge in [-0.1, -0.05) is 11.6 Å². The fourth-order valence-electron chi connectivity index (χ4n) is 2.65. The summed E-state index contributed by atoms with van der Waals surface area (Å²) < 4.78 is 0. The second-order valence-electron chi connectivity index (χ2n) is 5.17. The lowest BCUT2D eigenvalue weighted by Crippen LogP contribution is -2.33. The van der Waals surface area contributed by atoms with Crippen molar-refractivity contribution in [1.29, 1.82) is 5.41 Å². The number of carbonyl (C=O) groups is 1. The van der Waals surface area contributed by atoms with Crippen molar-refractivity contribution < 1.29 is 9.90 Å². The molecule has 0 spiro atoms. The van der Waals surface area contributed by atoms with Gasteiger partial charge in [0, 0.05) is 18.7 Å². The van der Waals surface area contributed by atoms with Crippen molar-refractivity contribution in [2.24, 2.45) is 0 Å². The Morgan fingerprint density at radius 3 is 2.76 bits per heavy atom. The zero-order valence-electron chi connectivity index (χ0n) is 11.5. The normalized spacial score (nSPS) is 19.8. The third-order valence-electron chi connectivity index (χ3n) is 3.81. The maximum absolute atomic E-state index is 12.3. The molecule has 0 saturated carbocycles. The first-order valence-electron chi connectivity index (χ1n) is 6.59. The Labute approximate surface area is 126 Å². The highest BCUT2D eigenvalue weighted by atomic mass is 35.5. The molecule has 1 amide bonds. The Balaban J connectivity index is 2.07. The van der Waals surface area contributed by atoms with E-state index in [1.54, 1.807) is 29.1 Å². The van der Waals surface area contributed by atoms with Crippen LogP contribution in [0.25, 0.3) is 6.08 Å². The van der Waals surface area contributed by atoms with Gasteiger partial charge in [-0.05, 0) is 31.1 Å². The molecule has 110 valence electrons. The molecule has 6 nitrogen and oxygen atoms in total. The minimum absolute atomic E-state index is 0.0616. The first kappa shape index (κ1) is 13.8. The van der Waals surface area contributed by atoms with Crippen LogP contribution in [-0.2, 0) is 4.79 Å². The minimum atomic E-state index is -0.196. The number of hydrazine groups is 1. The maximum atomic E-state index is 12.3. The van der Waals surface area contributed by atoms with Gasteiger partial charge in [-0.25, -0.2) is 5.01 Å². The summed E-state index contributed by atoms with van der Waals surface area (Å²) in [5, 5.41) is 21.2. The van der Waals surface area contributed by atoms with Crippen molar-refractivity contribution in [3.05, 3.63) is 27.8 Å². The molecule has 21 heavy (non-hydrogen) atoms. The number of halogens is 1. The summed E-state index contributed by atoms with van der Waals surface area (Å²) in [7, 11) is 0. The lowest BCUT2D eigenvalue weighted by Gasteiger charge is -2.18. The summed E-state index contributed by atoms with van der Waals surface area (Å²) in [5.74, 6) is -0.0778. The van der Waals surface area contributed by atoms with E-state index >= 15 is 0 Å². The van der Waals surface area contributed by atoms with E-state index in [0.717, 1.165) is 6.42 Å². The molecule has 2 fully saturated rings. The molecule has 7 heteroatoms. The molecule has 0 aliphatic carbocycles. The van der Waals surface area contributed by atoms with E-state index in [4.69, 9.17) is 22.7 Å². The van der Waals surface area contributed by atoms with Gasteiger partial charge in [-0.2, -0.15) is 0 Å². The number of rotatable bonds is 1. The number of nitrogens with one attached hydrogen (secondary N) is 1. The van der Waals surface area contributed by atoms with E-state index in [0.29, 0.717) is 29.8 Å². The van der Waals surface area contributed by atoms with Crippen LogP contribution >= 0.6 is 11.6 Å². The van der Waals surface area contributed by atoms with Gasteiger partial charge in [0.15, 0.2) is 5.84 Å². The number of nitrogens with two attached hydrogens (primary N) is 1. The van der Waals surface area contributed by atoms with E-state index in [-0.39, 0.29) is 28.2 Å². The van der Waals surface area contributed by atoms with Crippen molar-refractivity contribution in [2.45, 2.75) is 13.3 Å². The Hall–Kier alpha value is -2.21. The first-order chi connectivity index (χ1) is 9.91. The molecule has 1 aromatic rings. The summed E-state index contributed by atoms with van der Waals surface area (Å²) in [6.45, 7) is 3.00. The highest BCUT2D eigenvalue weighted by Crippen LogP contribution is 2.37. The largest absolute Gasteiger partial charge is 0.506 e. The molecular formula is C14H15ClN4O2. The van der Waals surface area contributed by atoms with Gasteiger partial charge in [-0.3, -0.25) is 15.2 Å². The van der Waals surface area contributed by atoms with E-state index in [1.165, 1.54) is 0 Å². The molecule has 2 aliphatic rings. The number of hydrogen-bond donors (Lipinski definition) is 3. The Morgan fingerprint density at radius 1 is 1.43 bits per heavy atom. The first-order valence-corrected chi connectivity index (χ1v) is 6.97. The summed E-state index contributed by atoms with van der Waals surface area (Å²) in [6.07, 6.45) is 2.43. The number of nitrogens with zero attached hydrogens (tertiary/aromatic N) is 2. The number of aromatic hydroxyl groups is 1. The van der Waals surface area contributed by atoms with E-state index in [1.807, 2.05) is 0 Å². The van der Waals surface area contributed by atoms with Gasteiger partial charge in [-0.15, -0.1) is 0 Å². The van der Waals surface area contributed by atoms with Gasteiger partial charge in [0.05, 0.1) is 11.3 Å². The number of carbonyl (C=O) groups excluding carboxylic acids is 1. The monoisotopic (exact) mass is 306 g/mol. The molecule has 0 unspecified atom stereocenters. The smallest absolute Gasteiger partial charge is 0.276 e. The maximum Gasteiger partial charge on any atom is 0.276 e. The summed E-state index contributed by atoms with van der Waals surface area (Å²) in [5.41, 5.74) is 7.49. The average Bonchev–Trinajstić information content (AvgIpc) is 3.02. The van der Waals surface area contributed by atoms with Crippen LogP contribution in [0.1, 0.15) is 17.5 Å². The molecule has 4 N–H and O–H groups in total. The number of phenols is 1.